The Balaban J connectivity index is 0.00000154. The molecule has 19 heavy (non-hydrogen) atoms. The smallest absolute Gasteiger partial charge is 0.223 e. The van der Waals surface area contributed by atoms with Gasteiger partial charge in [-0.05, 0) is 25.8 Å². The third kappa shape index (κ3) is 4.86. The fourth-order valence-corrected chi connectivity index (χ4v) is 2.14. The van der Waals surface area contributed by atoms with Gasteiger partial charge in [0.1, 0.15) is 6.04 Å². The summed E-state index contributed by atoms with van der Waals surface area (Å²) in [5.74, 6) is 0.0520. The fraction of sp³-hybridized carbons (Fsp3) is 0.500. The summed E-state index contributed by atoms with van der Waals surface area (Å²) >= 11 is 0. The number of rotatable bonds is 5. The van der Waals surface area contributed by atoms with Gasteiger partial charge < -0.3 is 4.90 Å². The van der Waals surface area contributed by atoms with Crippen LogP contribution in [-0.4, -0.2) is 29.2 Å². The Morgan fingerprint density at radius 2 is 2.05 bits per heavy atom. The maximum atomic E-state index is 11.8. The largest absolute Gasteiger partial charge is 0.329 e. The van der Waals surface area contributed by atoms with Crippen LogP contribution >= 0.6 is 0 Å². The van der Waals surface area contributed by atoms with Gasteiger partial charge in [0.15, 0.2) is 5.78 Å². The third-order valence-corrected chi connectivity index (χ3v) is 2.79. The molecule has 0 aromatic heterocycles. The highest BCUT2D eigenvalue weighted by molar-refractivity contribution is 5.91. The van der Waals surface area contributed by atoms with E-state index in [9.17, 15) is 9.59 Å². The first-order valence-electron chi connectivity index (χ1n) is 6.87. The highest BCUT2D eigenvalue weighted by Gasteiger charge is 2.32. The quantitative estimate of drug-likeness (QED) is 0.714. The van der Waals surface area contributed by atoms with Gasteiger partial charge in [-0.15, -0.1) is 0 Å². The number of amides is 1. The summed E-state index contributed by atoms with van der Waals surface area (Å²) in [5.41, 5.74) is 0.824. The Hall–Kier alpha value is -1.64. The van der Waals surface area contributed by atoms with E-state index in [0.29, 0.717) is 13.0 Å². The first kappa shape index (κ1) is 17.4. The maximum Gasteiger partial charge on any atom is 0.223 e. The van der Waals surface area contributed by atoms with Crippen molar-refractivity contribution in [2.75, 3.05) is 6.54 Å². The Labute approximate surface area is 116 Å². The molecule has 3 heteroatoms. The monoisotopic (exact) mass is 263 g/mol. The number of allylic oxidation sites excluding steroid dienone is 3. The Morgan fingerprint density at radius 1 is 1.42 bits per heavy atom. The molecule has 1 fully saturated rings. The second-order valence-corrected chi connectivity index (χ2v) is 4.11. The van der Waals surface area contributed by atoms with E-state index in [1.807, 2.05) is 32.9 Å². The van der Waals surface area contributed by atoms with Crippen LogP contribution in [0.25, 0.3) is 0 Å². The molecular formula is C16H25NO2. The molecule has 0 saturated carbocycles. The molecule has 0 aromatic carbocycles. The summed E-state index contributed by atoms with van der Waals surface area (Å²) in [6.07, 6.45) is 8.54. The molecular weight excluding hydrogens is 238 g/mol. The summed E-state index contributed by atoms with van der Waals surface area (Å²) in [7, 11) is 0. The van der Waals surface area contributed by atoms with E-state index in [2.05, 4.69) is 6.58 Å². The van der Waals surface area contributed by atoms with Crippen LogP contribution in [-0.2, 0) is 9.59 Å². The van der Waals surface area contributed by atoms with Gasteiger partial charge in [-0.25, -0.2) is 0 Å². The van der Waals surface area contributed by atoms with Gasteiger partial charge in [-0.3, -0.25) is 9.59 Å². The lowest BCUT2D eigenvalue weighted by Crippen LogP contribution is -2.42. The van der Waals surface area contributed by atoms with Crippen LogP contribution in [0.15, 0.2) is 36.5 Å². The van der Waals surface area contributed by atoms with E-state index < -0.39 is 6.04 Å². The molecule has 0 N–H and O–H groups in total. The van der Waals surface area contributed by atoms with Crippen LogP contribution in [0, 0.1) is 0 Å². The number of likely N-dealkylation sites (tertiary alicyclic amines) is 1. The summed E-state index contributed by atoms with van der Waals surface area (Å²) in [6.45, 7) is 11.7. The first-order valence-corrected chi connectivity index (χ1v) is 6.87. The van der Waals surface area contributed by atoms with Crippen LogP contribution < -0.4 is 0 Å². The lowest BCUT2D eigenvalue weighted by Gasteiger charge is -2.26. The summed E-state index contributed by atoms with van der Waals surface area (Å²) < 4.78 is 0. The van der Waals surface area contributed by atoms with Crippen LogP contribution in [0.5, 0.6) is 0 Å². The van der Waals surface area contributed by atoms with Crippen molar-refractivity contribution >= 4 is 11.7 Å². The average molecular weight is 263 g/mol. The van der Waals surface area contributed by atoms with E-state index in [0.717, 1.165) is 12.0 Å². The van der Waals surface area contributed by atoms with Gasteiger partial charge in [0, 0.05) is 13.0 Å². The zero-order chi connectivity index (χ0) is 14.8. The molecule has 1 rings (SSSR count). The molecule has 0 spiro atoms. The maximum absolute atomic E-state index is 11.8. The van der Waals surface area contributed by atoms with Crippen LogP contribution in [0.1, 0.15) is 40.5 Å². The second-order valence-electron chi connectivity index (χ2n) is 4.11. The highest BCUT2D eigenvalue weighted by Crippen LogP contribution is 2.20. The summed E-state index contributed by atoms with van der Waals surface area (Å²) in [5, 5.41) is 0. The van der Waals surface area contributed by atoms with Crippen molar-refractivity contribution in [1.82, 2.24) is 4.90 Å². The standard InChI is InChI=1S/C14H19NO2.C2H6/c1-4-7-12(8-5-2)14(11(3)16)15-10-6-9-13(15)17;1-2/h4-5,7-8,14H,1,6,9-10H2,2-3H3;1-2H3/b8-5-,12-7+;. The first-order chi connectivity index (χ1) is 9.11. The molecule has 1 amide bonds. The molecule has 3 nitrogen and oxygen atoms in total. The number of hydrogen-bond donors (Lipinski definition) is 0. The van der Waals surface area contributed by atoms with Crippen LogP contribution in [0.3, 0.4) is 0 Å². The number of hydrogen-bond acceptors (Lipinski definition) is 2. The van der Waals surface area contributed by atoms with E-state index >= 15 is 0 Å². The molecule has 1 aliphatic heterocycles. The van der Waals surface area contributed by atoms with Crippen molar-refractivity contribution < 1.29 is 9.59 Å². The minimum Gasteiger partial charge on any atom is -0.329 e. The van der Waals surface area contributed by atoms with E-state index in [4.69, 9.17) is 0 Å². The zero-order valence-corrected chi connectivity index (χ0v) is 12.5. The van der Waals surface area contributed by atoms with E-state index in [1.54, 1.807) is 17.1 Å². The second kappa shape index (κ2) is 9.31. The van der Waals surface area contributed by atoms with Gasteiger partial charge >= 0.3 is 0 Å². The van der Waals surface area contributed by atoms with Crippen molar-refractivity contribution in [2.45, 2.75) is 46.6 Å². The minimum absolute atomic E-state index is 0.00792. The molecule has 0 radical (unpaired) electrons. The van der Waals surface area contributed by atoms with Gasteiger partial charge in [-0.1, -0.05) is 44.7 Å². The van der Waals surface area contributed by atoms with Crippen LogP contribution in [0.4, 0.5) is 0 Å². The predicted octanol–water partition coefficient (Wildman–Crippen LogP) is 3.28. The number of ketones is 1. The average Bonchev–Trinajstić information content (AvgIpc) is 2.79. The normalized spacial score (nSPS) is 17.2. The van der Waals surface area contributed by atoms with Crippen molar-refractivity contribution in [1.29, 1.82) is 0 Å². The zero-order valence-electron chi connectivity index (χ0n) is 12.5. The highest BCUT2D eigenvalue weighted by atomic mass is 16.2. The molecule has 1 atom stereocenters. The number of Topliss-reactive ketones (excluding diaryl/α,β-unsaturated/α-hetero) is 1. The Kier molecular flexibility index (Phi) is 8.51. The Morgan fingerprint density at radius 3 is 2.42 bits per heavy atom. The van der Waals surface area contributed by atoms with Crippen molar-refractivity contribution in [3.8, 4) is 0 Å². The molecule has 0 bridgehead atoms. The molecule has 1 saturated heterocycles. The Bertz CT molecular complexity index is 380. The molecule has 0 aromatic rings. The van der Waals surface area contributed by atoms with Crippen molar-refractivity contribution in [3.63, 3.8) is 0 Å². The number of nitrogens with zero attached hydrogens (tertiary/aromatic N) is 1. The van der Waals surface area contributed by atoms with Gasteiger partial charge in [-0.2, -0.15) is 0 Å². The number of carbonyl (C=O) groups is 2. The van der Waals surface area contributed by atoms with Crippen molar-refractivity contribution in [2.24, 2.45) is 0 Å². The molecule has 1 heterocycles. The SMILES string of the molecule is C=C/C=C(\C=C/C)C(C(C)=O)N1CCCC1=O.CC. The van der Waals surface area contributed by atoms with E-state index in [1.165, 1.54) is 6.92 Å². The molecule has 106 valence electrons. The van der Waals surface area contributed by atoms with Gasteiger partial charge in [0.2, 0.25) is 5.91 Å². The third-order valence-electron chi connectivity index (χ3n) is 2.79. The van der Waals surface area contributed by atoms with Gasteiger partial charge in [0.25, 0.3) is 0 Å². The molecule has 0 aliphatic carbocycles. The van der Waals surface area contributed by atoms with Crippen molar-refractivity contribution in [3.05, 3.63) is 36.5 Å². The predicted molar refractivity (Wildman–Crippen MR) is 79.9 cm³/mol. The van der Waals surface area contributed by atoms with Crippen LogP contribution in [0.2, 0.25) is 0 Å². The van der Waals surface area contributed by atoms with Gasteiger partial charge in [0.05, 0.1) is 0 Å². The number of carbonyl (C=O) groups excluding carboxylic acids is 2. The summed E-state index contributed by atoms with van der Waals surface area (Å²) in [4.78, 5) is 25.2. The summed E-state index contributed by atoms with van der Waals surface area (Å²) in [6, 6.07) is -0.459. The topological polar surface area (TPSA) is 37.4 Å². The minimum atomic E-state index is -0.459. The lowest BCUT2D eigenvalue weighted by molar-refractivity contribution is -0.134. The van der Waals surface area contributed by atoms with E-state index in [-0.39, 0.29) is 11.7 Å². The molecule has 1 unspecified atom stereocenters. The molecule has 1 aliphatic rings. The lowest BCUT2D eigenvalue weighted by atomic mass is 10.0. The fourth-order valence-electron chi connectivity index (χ4n) is 2.14.